The number of nitrogens with two attached hydrogens (primary N) is 1. The number of unbranched alkanes of at least 4 members (excludes halogenated alkanes) is 11. The molecule has 0 radical (unpaired) electrons. The van der Waals surface area contributed by atoms with Crippen LogP contribution in [0.2, 0.25) is 0 Å². The van der Waals surface area contributed by atoms with Gasteiger partial charge < -0.3 is 11.1 Å². The zero-order chi connectivity index (χ0) is 16.6. The number of nitrogens with one attached hydrogen (secondary N) is 1. The summed E-state index contributed by atoms with van der Waals surface area (Å²) in [7, 11) is 0. The van der Waals surface area contributed by atoms with Crippen LogP contribution in [0.4, 0.5) is 0 Å². The van der Waals surface area contributed by atoms with E-state index in [0.717, 1.165) is 26.1 Å². The highest BCUT2D eigenvalue weighted by Gasteiger charge is 2.17. The Labute approximate surface area is 144 Å². The van der Waals surface area contributed by atoms with Crippen molar-refractivity contribution in [1.29, 1.82) is 0 Å². The van der Waals surface area contributed by atoms with Gasteiger partial charge in [0.2, 0.25) is 0 Å². The molecular weight excluding hydrogens is 282 g/mol. The van der Waals surface area contributed by atoms with Gasteiger partial charge in [-0.05, 0) is 19.4 Å². The van der Waals surface area contributed by atoms with Crippen LogP contribution in [-0.2, 0) is 0 Å². The Kier molecular flexibility index (Phi) is 13.3. The summed E-state index contributed by atoms with van der Waals surface area (Å²) in [6.45, 7) is 5.04. The van der Waals surface area contributed by atoms with Crippen molar-refractivity contribution in [2.24, 2.45) is 16.6 Å². The van der Waals surface area contributed by atoms with Gasteiger partial charge in [-0.2, -0.15) is 0 Å². The topological polar surface area (TPSA) is 50.4 Å². The van der Waals surface area contributed by atoms with Gasteiger partial charge in [0.05, 0.1) is 12.4 Å². The third-order valence-electron chi connectivity index (χ3n) is 5.01. The fourth-order valence-electron chi connectivity index (χ4n) is 3.54. The van der Waals surface area contributed by atoms with Crippen molar-refractivity contribution in [1.82, 2.24) is 5.32 Å². The zero-order valence-corrected chi connectivity index (χ0v) is 15.6. The van der Waals surface area contributed by atoms with Gasteiger partial charge in [-0.25, -0.2) is 0 Å². The van der Waals surface area contributed by atoms with Crippen LogP contribution in [-0.4, -0.2) is 25.5 Å². The van der Waals surface area contributed by atoms with E-state index in [1.165, 1.54) is 89.3 Å². The first-order chi connectivity index (χ1) is 11.4. The van der Waals surface area contributed by atoms with Crippen LogP contribution in [0.25, 0.3) is 0 Å². The molecule has 0 fully saturated rings. The van der Waals surface area contributed by atoms with Crippen LogP contribution >= 0.6 is 0 Å². The molecule has 0 amide bonds. The lowest BCUT2D eigenvalue weighted by atomic mass is 9.95. The van der Waals surface area contributed by atoms with E-state index in [1.54, 1.807) is 0 Å². The maximum Gasteiger partial charge on any atom is 0.0996 e. The van der Waals surface area contributed by atoms with Crippen LogP contribution in [0.15, 0.2) is 4.99 Å². The summed E-state index contributed by atoms with van der Waals surface area (Å²) >= 11 is 0. The third kappa shape index (κ3) is 10.8. The van der Waals surface area contributed by atoms with Gasteiger partial charge in [0.25, 0.3) is 0 Å². The molecule has 0 saturated heterocycles. The molecule has 0 aromatic carbocycles. The largest absolute Gasteiger partial charge is 0.372 e. The Balaban J connectivity index is 1.88. The van der Waals surface area contributed by atoms with E-state index in [9.17, 15) is 0 Å². The molecule has 136 valence electrons. The van der Waals surface area contributed by atoms with Crippen LogP contribution in [0, 0.1) is 5.92 Å². The molecule has 3 heteroatoms. The number of amidine groups is 1. The summed E-state index contributed by atoms with van der Waals surface area (Å²) in [6.07, 6.45) is 19.4. The van der Waals surface area contributed by atoms with Gasteiger partial charge in [-0.15, -0.1) is 0 Å². The van der Waals surface area contributed by atoms with E-state index >= 15 is 0 Å². The number of aliphatic imine (C=N–C) groups is 1. The molecule has 1 heterocycles. The highest BCUT2D eigenvalue weighted by Crippen LogP contribution is 2.17. The lowest BCUT2D eigenvalue weighted by molar-refractivity contribution is 0.503. The number of rotatable bonds is 16. The van der Waals surface area contributed by atoms with Gasteiger partial charge in [0.1, 0.15) is 0 Å². The minimum atomic E-state index is 0.589. The van der Waals surface area contributed by atoms with Crippen molar-refractivity contribution in [2.45, 2.75) is 96.8 Å². The Morgan fingerprint density at radius 1 is 0.870 bits per heavy atom. The summed E-state index contributed by atoms with van der Waals surface area (Å²) in [5.74, 6) is 1.82. The second-order valence-electron chi connectivity index (χ2n) is 7.15. The summed E-state index contributed by atoms with van der Waals surface area (Å²) in [4.78, 5) is 4.58. The van der Waals surface area contributed by atoms with E-state index in [0.29, 0.717) is 5.92 Å². The summed E-state index contributed by atoms with van der Waals surface area (Å²) in [5.41, 5.74) is 5.75. The predicted molar refractivity (Wildman–Crippen MR) is 103 cm³/mol. The molecule has 0 bridgehead atoms. The molecule has 1 unspecified atom stereocenters. The molecule has 1 atom stereocenters. The third-order valence-corrected chi connectivity index (χ3v) is 5.01. The van der Waals surface area contributed by atoms with E-state index in [2.05, 4.69) is 17.2 Å². The van der Waals surface area contributed by atoms with Crippen molar-refractivity contribution in [3.8, 4) is 0 Å². The maximum absolute atomic E-state index is 5.75. The van der Waals surface area contributed by atoms with Crippen molar-refractivity contribution >= 4 is 5.84 Å². The normalized spacial score (nSPS) is 15.5. The molecule has 1 rings (SSSR count). The quantitative estimate of drug-likeness (QED) is 0.391. The second kappa shape index (κ2) is 15.0. The molecule has 3 nitrogen and oxygen atoms in total. The van der Waals surface area contributed by atoms with Crippen molar-refractivity contribution < 1.29 is 0 Å². The SMILES string of the molecule is CCCCCCCCCCCCCCC(CCN)C1=NCCN1. The van der Waals surface area contributed by atoms with Crippen molar-refractivity contribution in [2.75, 3.05) is 19.6 Å². The Morgan fingerprint density at radius 2 is 1.43 bits per heavy atom. The highest BCUT2D eigenvalue weighted by molar-refractivity contribution is 5.85. The van der Waals surface area contributed by atoms with Gasteiger partial charge in [-0.3, -0.25) is 4.99 Å². The molecule has 1 aliphatic heterocycles. The average molecular weight is 324 g/mol. The molecule has 0 aromatic rings. The number of nitrogens with zero attached hydrogens (tertiary/aromatic N) is 1. The lowest BCUT2D eigenvalue weighted by Gasteiger charge is -2.16. The van der Waals surface area contributed by atoms with E-state index in [4.69, 9.17) is 5.73 Å². The first-order valence-electron chi connectivity index (χ1n) is 10.4. The first kappa shape index (κ1) is 20.5. The summed E-state index contributed by atoms with van der Waals surface area (Å²) in [6, 6.07) is 0. The number of hydrogen-bond donors (Lipinski definition) is 2. The van der Waals surface area contributed by atoms with Crippen LogP contribution in [0.1, 0.15) is 96.8 Å². The van der Waals surface area contributed by atoms with Crippen LogP contribution < -0.4 is 11.1 Å². The minimum absolute atomic E-state index is 0.589. The zero-order valence-electron chi connectivity index (χ0n) is 15.6. The molecule has 0 aromatic heterocycles. The number of hydrogen-bond acceptors (Lipinski definition) is 3. The predicted octanol–water partition coefficient (Wildman–Crippen LogP) is 5.04. The van der Waals surface area contributed by atoms with Gasteiger partial charge in [0, 0.05) is 12.5 Å². The molecule has 0 saturated carbocycles. The average Bonchev–Trinajstić information content (AvgIpc) is 3.09. The van der Waals surface area contributed by atoms with E-state index < -0.39 is 0 Å². The van der Waals surface area contributed by atoms with E-state index in [-0.39, 0.29) is 0 Å². The Hall–Kier alpha value is -0.570. The summed E-state index contributed by atoms with van der Waals surface area (Å²) in [5, 5.41) is 3.43. The highest BCUT2D eigenvalue weighted by atomic mass is 15.1. The van der Waals surface area contributed by atoms with Crippen LogP contribution in [0.5, 0.6) is 0 Å². The monoisotopic (exact) mass is 323 g/mol. The van der Waals surface area contributed by atoms with Gasteiger partial charge >= 0.3 is 0 Å². The Bertz CT molecular complexity index is 289. The fourth-order valence-corrected chi connectivity index (χ4v) is 3.54. The van der Waals surface area contributed by atoms with Gasteiger partial charge in [0.15, 0.2) is 0 Å². The molecular formula is C20H41N3. The molecule has 0 spiro atoms. The van der Waals surface area contributed by atoms with E-state index in [1.807, 2.05) is 0 Å². The lowest BCUT2D eigenvalue weighted by Crippen LogP contribution is -2.28. The van der Waals surface area contributed by atoms with Crippen molar-refractivity contribution in [3.05, 3.63) is 0 Å². The second-order valence-corrected chi connectivity index (χ2v) is 7.15. The standard InChI is InChI=1S/C20H41N3/c1-2-3-4-5-6-7-8-9-10-11-12-13-14-19(15-16-21)20-22-17-18-23-20/h19H,2-18,21H2,1H3,(H,22,23). The minimum Gasteiger partial charge on any atom is -0.372 e. The maximum atomic E-state index is 5.75. The van der Waals surface area contributed by atoms with Gasteiger partial charge in [-0.1, -0.05) is 84.0 Å². The molecule has 0 aliphatic carbocycles. The first-order valence-corrected chi connectivity index (χ1v) is 10.4. The van der Waals surface area contributed by atoms with Crippen molar-refractivity contribution in [3.63, 3.8) is 0 Å². The summed E-state index contributed by atoms with van der Waals surface area (Å²) < 4.78 is 0. The smallest absolute Gasteiger partial charge is 0.0996 e. The fraction of sp³-hybridized carbons (Fsp3) is 0.950. The molecule has 23 heavy (non-hydrogen) atoms. The molecule has 1 aliphatic rings. The Morgan fingerprint density at radius 3 is 1.91 bits per heavy atom. The van der Waals surface area contributed by atoms with Crippen LogP contribution in [0.3, 0.4) is 0 Å². The molecule has 3 N–H and O–H groups in total.